The molecule has 1 aliphatic heterocycles. The molecule has 3 rings (SSSR count). The third-order valence-corrected chi connectivity index (χ3v) is 4.28. The summed E-state index contributed by atoms with van der Waals surface area (Å²) < 4.78 is 16.1. The monoisotopic (exact) mass is 396 g/mol. The highest BCUT2D eigenvalue weighted by atomic mass is 16.6. The van der Waals surface area contributed by atoms with E-state index in [1.54, 1.807) is 30.3 Å². The van der Waals surface area contributed by atoms with E-state index in [1.807, 2.05) is 6.07 Å². The topological polar surface area (TPSA) is 109 Å². The van der Waals surface area contributed by atoms with Gasteiger partial charge in [0.1, 0.15) is 13.2 Å². The molecule has 0 atom stereocenters. The molecule has 0 saturated heterocycles. The molecule has 0 saturated carbocycles. The maximum atomic E-state index is 12.7. The van der Waals surface area contributed by atoms with Crippen molar-refractivity contribution in [3.63, 3.8) is 0 Å². The molecule has 1 N–H and O–H groups in total. The average molecular weight is 396 g/mol. The SMILES string of the molecule is N#CCCN(C(=O)COC(=O)c1ccc(CO)cc1)c1ccc2c(c1)OCCO2. The Morgan fingerprint density at radius 2 is 1.83 bits per heavy atom. The Hall–Kier alpha value is -3.57. The van der Waals surface area contributed by atoms with Gasteiger partial charge in [0.05, 0.1) is 24.7 Å². The van der Waals surface area contributed by atoms with Gasteiger partial charge in [0.2, 0.25) is 0 Å². The summed E-state index contributed by atoms with van der Waals surface area (Å²) in [6.45, 7) is 0.420. The van der Waals surface area contributed by atoms with E-state index >= 15 is 0 Å². The van der Waals surface area contributed by atoms with Gasteiger partial charge < -0.3 is 24.2 Å². The molecule has 1 heterocycles. The number of hydrogen-bond acceptors (Lipinski definition) is 7. The first-order chi connectivity index (χ1) is 14.1. The Morgan fingerprint density at radius 3 is 2.52 bits per heavy atom. The Balaban J connectivity index is 1.68. The summed E-state index contributed by atoms with van der Waals surface area (Å²) in [7, 11) is 0. The van der Waals surface area contributed by atoms with Crippen LogP contribution < -0.4 is 14.4 Å². The quantitative estimate of drug-likeness (QED) is 0.714. The van der Waals surface area contributed by atoms with Crippen molar-refractivity contribution in [2.75, 3.05) is 31.3 Å². The predicted octanol–water partition coefficient (Wildman–Crippen LogP) is 2.05. The first-order valence-electron chi connectivity index (χ1n) is 9.06. The maximum Gasteiger partial charge on any atom is 0.338 e. The largest absolute Gasteiger partial charge is 0.486 e. The summed E-state index contributed by atoms with van der Waals surface area (Å²) in [6.07, 6.45) is 0.122. The van der Waals surface area contributed by atoms with Crippen LogP contribution in [0, 0.1) is 11.3 Å². The second kappa shape index (κ2) is 9.57. The van der Waals surface area contributed by atoms with E-state index in [2.05, 4.69) is 0 Å². The van der Waals surface area contributed by atoms with Crippen molar-refractivity contribution in [1.82, 2.24) is 0 Å². The Morgan fingerprint density at radius 1 is 1.10 bits per heavy atom. The number of hydrogen-bond donors (Lipinski definition) is 1. The molecule has 1 aliphatic rings. The minimum Gasteiger partial charge on any atom is -0.486 e. The molecule has 1 amide bonds. The number of carbonyl (C=O) groups excluding carboxylic acids is 2. The summed E-state index contributed by atoms with van der Waals surface area (Å²) in [5, 5.41) is 18.0. The number of rotatable bonds is 7. The van der Waals surface area contributed by atoms with Gasteiger partial charge in [-0.3, -0.25) is 4.79 Å². The highest BCUT2D eigenvalue weighted by Gasteiger charge is 2.21. The van der Waals surface area contributed by atoms with Gasteiger partial charge in [0.25, 0.3) is 5.91 Å². The molecule has 150 valence electrons. The molecule has 0 unspecified atom stereocenters. The van der Waals surface area contributed by atoms with E-state index in [4.69, 9.17) is 24.6 Å². The van der Waals surface area contributed by atoms with Gasteiger partial charge in [0.15, 0.2) is 18.1 Å². The second-order valence-corrected chi connectivity index (χ2v) is 6.21. The van der Waals surface area contributed by atoms with E-state index in [1.165, 1.54) is 17.0 Å². The van der Waals surface area contributed by atoms with Crippen molar-refractivity contribution >= 4 is 17.6 Å². The van der Waals surface area contributed by atoms with E-state index < -0.39 is 18.5 Å². The van der Waals surface area contributed by atoms with Crippen LogP contribution in [-0.4, -0.2) is 43.3 Å². The molecule has 29 heavy (non-hydrogen) atoms. The number of fused-ring (bicyclic) bond motifs is 1. The molecule has 2 aromatic rings. The standard InChI is InChI=1S/C21H20N2O6/c22-8-1-9-23(17-6-7-18-19(12-17)28-11-10-27-18)20(25)14-29-21(26)16-4-2-15(13-24)3-5-16/h2-7,12,24H,1,9-11,13-14H2. The van der Waals surface area contributed by atoms with Crippen molar-refractivity contribution in [3.05, 3.63) is 53.6 Å². The molecule has 0 aromatic heterocycles. The molecule has 0 radical (unpaired) electrons. The number of aliphatic hydroxyl groups is 1. The van der Waals surface area contributed by atoms with Gasteiger partial charge in [0, 0.05) is 18.3 Å². The number of ether oxygens (including phenoxy) is 3. The summed E-state index contributed by atoms with van der Waals surface area (Å²) >= 11 is 0. The van der Waals surface area contributed by atoms with E-state index in [0.717, 1.165) is 0 Å². The van der Waals surface area contributed by atoms with Crippen LogP contribution in [0.15, 0.2) is 42.5 Å². The number of aliphatic hydroxyl groups excluding tert-OH is 1. The van der Waals surface area contributed by atoms with Crippen LogP contribution in [0.4, 0.5) is 5.69 Å². The lowest BCUT2D eigenvalue weighted by Gasteiger charge is -2.24. The molecule has 0 spiro atoms. The van der Waals surface area contributed by atoms with Crippen LogP contribution in [0.2, 0.25) is 0 Å². The number of benzene rings is 2. The van der Waals surface area contributed by atoms with Crippen LogP contribution in [0.3, 0.4) is 0 Å². The van der Waals surface area contributed by atoms with E-state index in [9.17, 15) is 9.59 Å². The summed E-state index contributed by atoms with van der Waals surface area (Å²) in [6, 6.07) is 13.3. The zero-order chi connectivity index (χ0) is 20.6. The molecule has 8 nitrogen and oxygen atoms in total. The lowest BCUT2D eigenvalue weighted by molar-refractivity contribution is -0.121. The van der Waals surface area contributed by atoms with Crippen molar-refractivity contribution in [1.29, 1.82) is 5.26 Å². The van der Waals surface area contributed by atoms with Crippen LogP contribution in [0.5, 0.6) is 11.5 Å². The van der Waals surface area contributed by atoms with Crippen LogP contribution in [0.25, 0.3) is 0 Å². The van der Waals surface area contributed by atoms with Crippen molar-refractivity contribution in [2.24, 2.45) is 0 Å². The number of esters is 1. The van der Waals surface area contributed by atoms with Crippen LogP contribution >= 0.6 is 0 Å². The minimum atomic E-state index is -0.648. The van der Waals surface area contributed by atoms with Gasteiger partial charge in [-0.25, -0.2) is 4.79 Å². The third-order valence-electron chi connectivity index (χ3n) is 4.28. The Kier molecular flexibility index (Phi) is 6.66. The second-order valence-electron chi connectivity index (χ2n) is 6.21. The Bertz CT molecular complexity index is 920. The van der Waals surface area contributed by atoms with Crippen molar-refractivity contribution in [3.8, 4) is 17.6 Å². The zero-order valence-electron chi connectivity index (χ0n) is 15.7. The van der Waals surface area contributed by atoms with E-state index in [-0.39, 0.29) is 25.1 Å². The zero-order valence-corrected chi connectivity index (χ0v) is 15.7. The number of anilines is 1. The fraction of sp³-hybridized carbons (Fsp3) is 0.286. The Labute approximate surface area is 167 Å². The van der Waals surface area contributed by atoms with Gasteiger partial charge >= 0.3 is 5.97 Å². The van der Waals surface area contributed by atoms with Crippen molar-refractivity contribution in [2.45, 2.75) is 13.0 Å². The summed E-state index contributed by atoms with van der Waals surface area (Å²) in [5.41, 5.74) is 1.47. The number of carbonyl (C=O) groups is 2. The van der Waals surface area contributed by atoms with Gasteiger partial charge in [-0.2, -0.15) is 5.26 Å². The number of nitriles is 1. The molecule has 8 heteroatoms. The first-order valence-corrected chi connectivity index (χ1v) is 9.06. The third kappa shape index (κ3) is 5.03. The molecular weight excluding hydrogens is 376 g/mol. The number of amides is 1. The average Bonchev–Trinajstić information content (AvgIpc) is 2.77. The highest BCUT2D eigenvalue weighted by Crippen LogP contribution is 2.34. The smallest absolute Gasteiger partial charge is 0.338 e. The lowest BCUT2D eigenvalue weighted by Crippen LogP contribution is -2.35. The van der Waals surface area contributed by atoms with E-state index in [0.29, 0.717) is 36.0 Å². The summed E-state index contributed by atoms with van der Waals surface area (Å²) in [5.74, 6) is -0.00239. The maximum absolute atomic E-state index is 12.7. The highest BCUT2D eigenvalue weighted by molar-refractivity contribution is 5.97. The van der Waals surface area contributed by atoms with Crippen LogP contribution in [0.1, 0.15) is 22.3 Å². The fourth-order valence-corrected chi connectivity index (χ4v) is 2.79. The minimum absolute atomic E-state index is 0.122. The van der Waals surface area contributed by atoms with Crippen LogP contribution in [-0.2, 0) is 16.1 Å². The molecule has 0 fully saturated rings. The molecular formula is C21H20N2O6. The normalized spacial score (nSPS) is 12.0. The molecule has 0 bridgehead atoms. The summed E-state index contributed by atoms with van der Waals surface area (Å²) in [4.78, 5) is 26.2. The van der Waals surface area contributed by atoms with Crippen molar-refractivity contribution < 1.29 is 28.9 Å². The van der Waals surface area contributed by atoms with Gasteiger partial charge in [-0.15, -0.1) is 0 Å². The first kappa shape index (κ1) is 20.2. The number of nitrogens with zero attached hydrogens (tertiary/aromatic N) is 2. The lowest BCUT2D eigenvalue weighted by atomic mass is 10.1. The molecule has 0 aliphatic carbocycles. The van der Waals surface area contributed by atoms with Gasteiger partial charge in [-0.1, -0.05) is 12.1 Å². The fourth-order valence-electron chi connectivity index (χ4n) is 2.79. The van der Waals surface area contributed by atoms with Gasteiger partial charge in [-0.05, 0) is 29.8 Å². The molecule has 2 aromatic carbocycles. The predicted molar refractivity (Wildman–Crippen MR) is 103 cm³/mol.